The maximum absolute atomic E-state index is 11.4. The summed E-state index contributed by atoms with van der Waals surface area (Å²) in [5.41, 5.74) is 0.967. The molecule has 0 amide bonds. The predicted molar refractivity (Wildman–Crippen MR) is 64.4 cm³/mol. The zero-order valence-corrected chi connectivity index (χ0v) is 10.2. The van der Waals surface area contributed by atoms with Crippen molar-refractivity contribution >= 4 is 21.9 Å². The van der Waals surface area contributed by atoms with Crippen LogP contribution in [0, 0.1) is 0 Å². The first-order valence-corrected chi connectivity index (χ1v) is 5.61. The van der Waals surface area contributed by atoms with Crippen molar-refractivity contribution < 1.29 is 9.53 Å². The highest BCUT2D eigenvalue weighted by atomic mass is 79.9. The van der Waals surface area contributed by atoms with Crippen LogP contribution in [-0.4, -0.2) is 10.8 Å². The molecular formula is C12H13BrO2. The number of para-hydroxylation sites is 1. The van der Waals surface area contributed by atoms with Gasteiger partial charge in [0.1, 0.15) is 10.6 Å². The van der Waals surface area contributed by atoms with Crippen molar-refractivity contribution in [1.82, 2.24) is 0 Å². The van der Waals surface area contributed by atoms with Crippen molar-refractivity contribution in [2.75, 3.05) is 0 Å². The summed E-state index contributed by atoms with van der Waals surface area (Å²) in [5, 5.41) is 0. The van der Waals surface area contributed by atoms with Gasteiger partial charge >= 0.3 is 5.97 Å². The summed E-state index contributed by atoms with van der Waals surface area (Å²) in [6.07, 6.45) is 2.48. The molecule has 1 aromatic rings. The van der Waals surface area contributed by atoms with Gasteiger partial charge in [-0.15, -0.1) is 6.58 Å². The Kier molecular flexibility index (Phi) is 4.56. The largest absolute Gasteiger partial charge is 0.425 e. The van der Waals surface area contributed by atoms with Gasteiger partial charge in [-0.2, -0.15) is 0 Å². The lowest BCUT2D eigenvalue weighted by molar-refractivity contribution is -0.133. The summed E-state index contributed by atoms with van der Waals surface area (Å²) in [4.78, 5) is 11.1. The van der Waals surface area contributed by atoms with Gasteiger partial charge in [-0.1, -0.05) is 40.2 Å². The average Bonchev–Trinajstić information content (AvgIpc) is 2.21. The normalized spacial score (nSPS) is 11.9. The van der Waals surface area contributed by atoms with E-state index in [0.29, 0.717) is 12.2 Å². The molecule has 0 radical (unpaired) electrons. The first-order valence-electron chi connectivity index (χ1n) is 4.69. The number of rotatable bonds is 4. The van der Waals surface area contributed by atoms with Crippen LogP contribution in [0.4, 0.5) is 0 Å². The maximum Gasteiger partial charge on any atom is 0.324 e. The van der Waals surface area contributed by atoms with Gasteiger partial charge in [0.15, 0.2) is 0 Å². The highest BCUT2D eigenvalue weighted by Gasteiger charge is 2.12. The van der Waals surface area contributed by atoms with Crippen molar-refractivity contribution in [3.63, 3.8) is 0 Å². The van der Waals surface area contributed by atoms with Gasteiger partial charge in [0, 0.05) is 0 Å². The van der Waals surface area contributed by atoms with Crippen molar-refractivity contribution in [2.24, 2.45) is 0 Å². The Labute approximate surface area is 98.1 Å². The highest BCUT2D eigenvalue weighted by Crippen LogP contribution is 2.19. The molecule has 2 nitrogen and oxygen atoms in total. The Morgan fingerprint density at radius 3 is 2.87 bits per heavy atom. The highest BCUT2D eigenvalue weighted by molar-refractivity contribution is 9.10. The second kappa shape index (κ2) is 5.71. The van der Waals surface area contributed by atoms with Crippen molar-refractivity contribution in [2.45, 2.75) is 18.2 Å². The van der Waals surface area contributed by atoms with E-state index < -0.39 is 0 Å². The van der Waals surface area contributed by atoms with Crippen LogP contribution < -0.4 is 4.74 Å². The van der Waals surface area contributed by atoms with Crippen LogP contribution in [0.2, 0.25) is 0 Å². The van der Waals surface area contributed by atoms with Crippen LogP contribution in [0.25, 0.3) is 0 Å². The zero-order valence-electron chi connectivity index (χ0n) is 8.57. The molecule has 3 heteroatoms. The molecule has 1 aromatic carbocycles. The Bertz CT molecular complexity index is 358. The molecule has 0 saturated carbocycles. The maximum atomic E-state index is 11.4. The SMILES string of the molecule is C=CCc1ccccc1OC(=O)C(C)Br. The van der Waals surface area contributed by atoms with E-state index in [9.17, 15) is 4.79 Å². The summed E-state index contributed by atoms with van der Waals surface area (Å²) in [7, 11) is 0. The van der Waals surface area contributed by atoms with Gasteiger partial charge in [0.25, 0.3) is 0 Å². The van der Waals surface area contributed by atoms with Crippen molar-refractivity contribution in [3.05, 3.63) is 42.5 Å². The van der Waals surface area contributed by atoms with Gasteiger partial charge in [-0.3, -0.25) is 4.79 Å². The van der Waals surface area contributed by atoms with Crippen LogP contribution in [0.1, 0.15) is 12.5 Å². The number of carbonyl (C=O) groups is 1. The predicted octanol–water partition coefficient (Wildman–Crippen LogP) is 3.10. The van der Waals surface area contributed by atoms with Gasteiger partial charge in [0.2, 0.25) is 0 Å². The number of ether oxygens (including phenoxy) is 1. The summed E-state index contributed by atoms with van der Waals surface area (Å²) >= 11 is 3.17. The number of hydrogen-bond acceptors (Lipinski definition) is 2. The number of esters is 1. The van der Waals surface area contributed by atoms with E-state index in [4.69, 9.17) is 4.74 Å². The minimum Gasteiger partial charge on any atom is -0.425 e. The van der Waals surface area contributed by atoms with Crippen LogP contribution in [0.5, 0.6) is 5.75 Å². The molecule has 0 aromatic heterocycles. The van der Waals surface area contributed by atoms with E-state index in [0.717, 1.165) is 5.56 Å². The third kappa shape index (κ3) is 3.51. The fourth-order valence-corrected chi connectivity index (χ4v) is 1.21. The van der Waals surface area contributed by atoms with Gasteiger partial charge < -0.3 is 4.74 Å². The molecule has 80 valence electrons. The Morgan fingerprint density at radius 1 is 1.60 bits per heavy atom. The molecule has 0 aliphatic carbocycles. The minimum atomic E-state index is -0.297. The zero-order chi connectivity index (χ0) is 11.3. The fraction of sp³-hybridized carbons (Fsp3) is 0.250. The Hall–Kier alpha value is -1.09. The molecule has 0 aliphatic rings. The summed E-state index contributed by atoms with van der Waals surface area (Å²) in [6.45, 7) is 5.40. The summed E-state index contributed by atoms with van der Waals surface area (Å²) < 4.78 is 5.23. The van der Waals surface area contributed by atoms with Crippen LogP contribution in [-0.2, 0) is 11.2 Å². The number of hydrogen-bond donors (Lipinski definition) is 0. The van der Waals surface area contributed by atoms with E-state index in [1.54, 1.807) is 19.1 Å². The summed E-state index contributed by atoms with van der Waals surface area (Å²) in [6, 6.07) is 7.46. The lowest BCUT2D eigenvalue weighted by atomic mass is 10.1. The van der Waals surface area contributed by atoms with E-state index in [-0.39, 0.29) is 10.8 Å². The van der Waals surface area contributed by atoms with E-state index in [1.165, 1.54) is 0 Å². The van der Waals surface area contributed by atoms with Crippen molar-refractivity contribution in [1.29, 1.82) is 0 Å². The molecule has 0 saturated heterocycles. The van der Waals surface area contributed by atoms with Crippen LogP contribution >= 0.6 is 15.9 Å². The quantitative estimate of drug-likeness (QED) is 0.363. The minimum absolute atomic E-state index is 0.286. The number of alkyl halides is 1. The number of carbonyl (C=O) groups excluding carboxylic acids is 1. The molecule has 0 fully saturated rings. The van der Waals surface area contributed by atoms with E-state index >= 15 is 0 Å². The van der Waals surface area contributed by atoms with Gasteiger partial charge in [-0.25, -0.2) is 0 Å². The lowest BCUT2D eigenvalue weighted by Gasteiger charge is -2.09. The second-order valence-electron chi connectivity index (χ2n) is 3.14. The average molecular weight is 269 g/mol. The molecule has 0 spiro atoms. The molecule has 1 unspecified atom stereocenters. The van der Waals surface area contributed by atoms with Crippen LogP contribution in [0.15, 0.2) is 36.9 Å². The molecule has 1 rings (SSSR count). The topological polar surface area (TPSA) is 26.3 Å². The molecular weight excluding hydrogens is 256 g/mol. The standard InChI is InChI=1S/C12H13BrO2/c1-3-6-10-7-4-5-8-11(10)15-12(14)9(2)13/h3-5,7-9H,1,6H2,2H3. The lowest BCUT2D eigenvalue weighted by Crippen LogP contribution is -2.17. The van der Waals surface area contributed by atoms with Crippen molar-refractivity contribution in [3.8, 4) is 5.75 Å². The number of halogens is 1. The molecule has 15 heavy (non-hydrogen) atoms. The van der Waals surface area contributed by atoms with Gasteiger partial charge in [0.05, 0.1) is 0 Å². The monoisotopic (exact) mass is 268 g/mol. The second-order valence-corrected chi connectivity index (χ2v) is 4.51. The third-order valence-electron chi connectivity index (χ3n) is 1.87. The van der Waals surface area contributed by atoms with E-state index in [1.807, 2.05) is 18.2 Å². The Balaban J connectivity index is 2.83. The molecule has 0 aliphatic heterocycles. The van der Waals surface area contributed by atoms with Crippen LogP contribution in [0.3, 0.4) is 0 Å². The fourth-order valence-electron chi connectivity index (χ4n) is 1.12. The molecule has 0 N–H and O–H groups in total. The molecule has 0 heterocycles. The first-order chi connectivity index (χ1) is 7.15. The molecule has 0 bridgehead atoms. The first kappa shape index (κ1) is 12.0. The third-order valence-corrected chi connectivity index (χ3v) is 2.25. The number of allylic oxidation sites excluding steroid dienone is 1. The van der Waals surface area contributed by atoms with E-state index in [2.05, 4.69) is 22.5 Å². The Morgan fingerprint density at radius 2 is 2.27 bits per heavy atom. The smallest absolute Gasteiger partial charge is 0.324 e. The molecule has 1 atom stereocenters. The van der Waals surface area contributed by atoms with Gasteiger partial charge in [-0.05, 0) is 25.0 Å². The summed E-state index contributed by atoms with van der Waals surface area (Å²) in [5.74, 6) is 0.320. The number of benzene rings is 1.